The van der Waals surface area contributed by atoms with Crippen LogP contribution in [-0.4, -0.2) is 72.8 Å². The molecular weight excluding hydrogens is 506 g/mol. The van der Waals surface area contributed by atoms with Crippen molar-refractivity contribution in [2.24, 2.45) is 34.8 Å². The van der Waals surface area contributed by atoms with Gasteiger partial charge in [0.05, 0.1) is 6.04 Å². The lowest BCUT2D eigenvalue weighted by atomic mass is 9.99. The Morgan fingerprint density at radius 1 is 0.641 bits per heavy atom. The van der Waals surface area contributed by atoms with Gasteiger partial charge in [0.25, 0.3) is 0 Å². The van der Waals surface area contributed by atoms with Crippen molar-refractivity contribution >= 4 is 35.5 Å². The van der Waals surface area contributed by atoms with E-state index in [9.17, 15) is 19.2 Å². The van der Waals surface area contributed by atoms with Gasteiger partial charge in [0.15, 0.2) is 11.9 Å². The molecule has 0 radical (unpaired) electrons. The highest BCUT2D eigenvalue weighted by atomic mass is 16.2. The first-order chi connectivity index (χ1) is 18.1. The first kappa shape index (κ1) is 35.4. The van der Waals surface area contributed by atoms with Crippen LogP contribution in [0.1, 0.15) is 66.2 Å². The lowest BCUT2D eigenvalue weighted by molar-refractivity contribution is -0.134. The number of carbonyl (C=O) groups excluding carboxylic acids is 4. The van der Waals surface area contributed by atoms with Crippen LogP contribution in [0.3, 0.4) is 0 Å². The van der Waals surface area contributed by atoms with E-state index in [0.29, 0.717) is 45.2 Å². The zero-order valence-corrected chi connectivity index (χ0v) is 23.6. The minimum absolute atomic E-state index is 0.0306. The molecule has 0 saturated carbocycles. The summed E-state index contributed by atoms with van der Waals surface area (Å²) in [7, 11) is 0. The maximum Gasteiger partial charge on any atom is 0.243 e. The maximum atomic E-state index is 13.2. The second kappa shape index (κ2) is 18.6. The lowest BCUT2D eigenvalue weighted by Gasteiger charge is -2.27. The molecule has 39 heavy (non-hydrogen) atoms. The Labute approximate surface area is 230 Å². The molecule has 15 nitrogen and oxygen atoms in total. The molecule has 0 unspecified atom stereocenters. The molecular formula is C24H49N11O4. The summed E-state index contributed by atoms with van der Waals surface area (Å²) < 4.78 is 0. The molecule has 0 fully saturated rings. The van der Waals surface area contributed by atoms with Crippen LogP contribution in [0.4, 0.5) is 0 Å². The molecule has 0 spiro atoms. The van der Waals surface area contributed by atoms with Gasteiger partial charge in [-0.25, -0.2) is 0 Å². The fraction of sp³-hybridized carbons (Fsp3) is 0.750. The van der Waals surface area contributed by atoms with E-state index in [-0.39, 0.29) is 30.2 Å². The molecule has 15 heteroatoms. The molecule has 0 aliphatic heterocycles. The second-order valence-corrected chi connectivity index (χ2v) is 10.4. The van der Waals surface area contributed by atoms with Gasteiger partial charge in [0, 0.05) is 13.1 Å². The highest BCUT2D eigenvalue weighted by Gasteiger charge is 2.30. The monoisotopic (exact) mass is 555 g/mol. The van der Waals surface area contributed by atoms with E-state index in [2.05, 4.69) is 26.6 Å². The molecule has 0 aromatic heterocycles. The Morgan fingerprint density at radius 3 is 1.41 bits per heavy atom. The van der Waals surface area contributed by atoms with Crippen LogP contribution >= 0.6 is 0 Å². The van der Waals surface area contributed by atoms with Gasteiger partial charge < -0.3 is 49.5 Å². The molecule has 0 aromatic carbocycles. The van der Waals surface area contributed by atoms with Crippen LogP contribution in [-0.2, 0) is 19.2 Å². The average Bonchev–Trinajstić information content (AvgIpc) is 2.81. The van der Waals surface area contributed by atoms with Crippen LogP contribution in [0.2, 0.25) is 0 Å². The standard InChI is InChI=1S/C24H49N11O4/c1-13(2)11-17(34-20(37)15(25)7-5-9-31-23(27)28)22(39)35-18(12-14(3)4)21(38)33-16(19(26)36)8-6-10-32-24(29)30/h13-18H,5-12,25H2,1-4H3,(H2,26,36)(H,33,38)(H,34,37)(H,35,39)(H4,27,28,31)(H4,29,30,32)/t15-,16-,17-,18-/m1/s1. The first-order valence-electron chi connectivity index (χ1n) is 13.3. The smallest absolute Gasteiger partial charge is 0.243 e. The second-order valence-electron chi connectivity index (χ2n) is 10.4. The Kier molecular flexibility index (Phi) is 16.9. The molecule has 15 N–H and O–H groups in total. The maximum absolute atomic E-state index is 13.2. The fourth-order valence-electron chi connectivity index (χ4n) is 3.72. The van der Waals surface area contributed by atoms with Crippen LogP contribution in [0, 0.1) is 22.7 Å². The number of nitrogens with one attached hydrogen (secondary N) is 7. The number of carbonyl (C=O) groups is 4. The highest BCUT2D eigenvalue weighted by Crippen LogP contribution is 2.10. The van der Waals surface area contributed by atoms with E-state index in [1.54, 1.807) is 0 Å². The van der Waals surface area contributed by atoms with E-state index < -0.39 is 47.8 Å². The predicted octanol–water partition coefficient (Wildman–Crippen LogP) is -2.13. The SMILES string of the molecule is CC(C)C[C@@H](NC(=O)[C@H](N)CCCNC(=N)N)C(=O)N[C@H](CC(C)C)C(=O)N[C@H](CCCNC(=N)N)C(N)=O. The van der Waals surface area contributed by atoms with Crippen molar-refractivity contribution in [3.8, 4) is 0 Å². The van der Waals surface area contributed by atoms with Crippen LogP contribution in [0.25, 0.3) is 0 Å². The summed E-state index contributed by atoms with van der Waals surface area (Å²) in [6.45, 7) is 8.29. The Hall–Kier alpha value is -3.62. The van der Waals surface area contributed by atoms with Crippen molar-refractivity contribution in [1.29, 1.82) is 10.8 Å². The van der Waals surface area contributed by atoms with Crippen LogP contribution in [0.5, 0.6) is 0 Å². The van der Waals surface area contributed by atoms with Crippen LogP contribution in [0.15, 0.2) is 0 Å². The Bertz CT molecular complexity index is 835. The van der Waals surface area contributed by atoms with Crippen molar-refractivity contribution in [3.05, 3.63) is 0 Å². The summed E-state index contributed by atoms with van der Waals surface area (Å²) in [6, 6.07) is -3.73. The van der Waals surface area contributed by atoms with Gasteiger partial charge in [-0.3, -0.25) is 30.0 Å². The third-order valence-corrected chi connectivity index (χ3v) is 5.67. The van der Waals surface area contributed by atoms with Crippen LogP contribution < -0.4 is 49.5 Å². The van der Waals surface area contributed by atoms with E-state index in [4.69, 9.17) is 33.8 Å². The topological polar surface area (TPSA) is 280 Å². The van der Waals surface area contributed by atoms with Crippen molar-refractivity contribution in [3.63, 3.8) is 0 Å². The zero-order chi connectivity index (χ0) is 30.1. The number of rotatable bonds is 19. The zero-order valence-electron chi connectivity index (χ0n) is 23.6. The molecule has 0 aliphatic rings. The molecule has 0 aliphatic carbocycles. The Balaban J connectivity index is 5.36. The van der Waals surface area contributed by atoms with Gasteiger partial charge in [0.2, 0.25) is 23.6 Å². The molecule has 0 aromatic rings. The summed E-state index contributed by atoms with van der Waals surface area (Å²) in [5, 5.41) is 27.6. The van der Waals surface area contributed by atoms with Crippen molar-refractivity contribution in [1.82, 2.24) is 26.6 Å². The van der Waals surface area contributed by atoms with Gasteiger partial charge in [0.1, 0.15) is 18.1 Å². The van der Waals surface area contributed by atoms with E-state index in [1.165, 1.54) is 0 Å². The van der Waals surface area contributed by atoms with E-state index >= 15 is 0 Å². The summed E-state index contributed by atoms with van der Waals surface area (Å²) in [5.41, 5.74) is 21.9. The predicted molar refractivity (Wildman–Crippen MR) is 150 cm³/mol. The van der Waals surface area contributed by atoms with Gasteiger partial charge >= 0.3 is 0 Å². The number of guanidine groups is 2. The van der Waals surface area contributed by atoms with Gasteiger partial charge in [-0.05, 0) is 50.4 Å². The average molecular weight is 556 g/mol. The molecule has 0 heterocycles. The summed E-state index contributed by atoms with van der Waals surface area (Å²) in [4.78, 5) is 51.0. The fourth-order valence-corrected chi connectivity index (χ4v) is 3.72. The third-order valence-electron chi connectivity index (χ3n) is 5.67. The van der Waals surface area contributed by atoms with E-state index in [1.807, 2.05) is 27.7 Å². The van der Waals surface area contributed by atoms with Crippen molar-refractivity contribution < 1.29 is 19.2 Å². The number of hydrogen-bond acceptors (Lipinski definition) is 7. The number of nitrogens with two attached hydrogens (primary N) is 4. The molecule has 0 bridgehead atoms. The quantitative estimate of drug-likeness (QED) is 0.0471. The summed E-state index contributed by atoms with van der Waals surface area (Å²) in [6.07, 6.45) is 2.06. The number of primary amides is 1. The number of amides is 4. The lowest BCUT2D eigenvalue weighted by Crippen LogP contribution is -2.58. The first-order valence-corrected chi connectivity index (χ1v) is 13.3. The highest BCUT2D eigenvalue weighted by molar-refractivity contribution is 5.94. The third kappa shape index (κ3) is 16.8. The van der Waals surface area contributed by atoms with Crippen molar-refractivity contribution in [2.75, 3.05) is 13.1 Å². The molecule has 4 amide bonds. The minimum atomic E-state index is -0.973. The van der Waals surface area contributed by atoms with Gasteiger partial charge in [-0.15, -0.1) is 0 Å². The molecule has 0 rings (SSSR count). The number of hydrogen-bond donors (Lipinski definition) is 11. The van der Waals surface area contributed by atoms with E-state index in [0.717, 1.165) is 0 Å². The normalized spacial score (nSPS) is 14.0. The molecule has 4 atom stereocenters. The molecule has 224 valence electrons. The molecule has 0 saturated heterocycles. The van der Waals surface area contributed by atoms with Gasteiger partial charge in [-0.2, -0.15) is 0 Å². The van der Waals surface area contributed by atoms with Crippen molar-refractivity contribution in [2.45, 2.75) is 90.4 Å². The Morgan fingerprint density at radius 2 is 1.03 bits per heavy atom. The largest absolute Gasteiger partial charge is 0.370 e. The summed E-state index contributed by atoms with van der Waals surface area (Å²) in [5.74, 6) is -2.62. The minimum Gasteiger partial charge on any atom is -0.370 e. The summed E-state index contributed by atoms with van der Waals surface area (Å²) >= 11 is 0. The van der Waals surface area contributed by atoms with Gasteiger partial charge in [-0.1, -0.05) is 27.7 Å².